The number of esters is 1. The van der Waals surface area contributed by atoms with Crippen LogP contribution in [0.2, 0.25) is 0 Å². The number of aliphatic hydroxyl groups excluding tert-OH is 2. The summed E-state index contributed by atoms with van der Waals surface area (Å²) in [6.07, 6.45) is 2.99. The zero-order valence-corrected chi connectivity index (χ0v) is 6.78. The zero-order valence-electron chi connectivity index (χ0n) is 6.78. The van der Waals surface area contributed by atoms with E-state index in [0.29, 0.717) is 0 Å². The molecule has 0 saturated carbocycles. The van der Waals surface area contributed by atoms with Crippen LogP contribution in [0.4, 0.5) is 0 Å². The van der Waals surface area contributed by atoms with Gasteiger partial charge in [0.05, 0.1) is 20.3 Å². The van der Waals surface area contributed by atoms with Crippen LogP contribution in [0.15, 0.2) is 12.2 Å². The minimum atomic E-state index is -0.303. The van der Waals surface area contributed by atoms with Gasteiger partial charge in [-0.05, 0) is 6.92 Å². The van der Waals surface area contributed by atoms with Gasteiger partial charge in [0.15, 0.2) is 0 Å². The molecule has 0 radical (unpaired) electrons. The minimum absolute atomic E-state index is 0.125. The van der Waals surface area contributed by atoms with Gasteiger partial charge in [0.1, 0.15) is 0 Å². The van der Waals surface area contributed by atoms with Crippen LogP contribution >= 0.6 is 0 Å². The molecule has 0 unspecified atom stereocenters. The standard InChI is InChI=1S/C5H8O2.C2H6O2/c1-3-4-5(6)7-2;3-1-2-4/h3-4H,1-2H3;3-4H,1-2H2. The molecule has 2 N–H and O–H groups in total. The number of hydrogen-bond donors (Lipinski definition) is 2. The highest BCUT2D eigenvalue weighted by Crippen LogP contribution is 1.73. The Kier molecular flexibility index (Phi) is 13.8. The summed E-state index contributed by atoms with van der Waals surface area (Å²) in [5.74, 6) is -0.303. The van der Waals surface area contributed by atoms with E-state index in [1.54, 1.807) is 13.0 Å². The lowest BCUT2D eigenvalue weighted by Gasteiger charge is -1.84. The summed E-state index contributed by atoms with van der Waals surface area (Å²) in [7, 11) is 1.35. The average molecular weight is 162 g/mol. The predicted molar refractivity (Wildman–Crippen MR) is 41.0 cm³/mol. The molecule has 0 fully saturated rings. The number of hydrogen-bond acceptors (Lipinski definition) is 4. The molecule has 66 valence electrons. The summed E-state index contributed by atoms with van der Waals surface area (Å²) >= 11 is 0. The lowest BCUT2D eigenvalue weighted by molar-refractivity contribution is -0.134. The molecule has 0 aliphatic rings. The van der Waals surface area contributed by atoms with E-state index in [0.717, 1.165) is 0 Å². The van der Waals surface area contributed by atoms with Gasteiger partial charge < -0.3 is 14.9 Å². The third-order valence-electron chi connectivity index (χ3n) is 0.604. The van der Waals surface area contributed by atoms with Crippen LogP contribution in [0.3, 0.4) is 0 Å². The van der Waals surface area contributed by atoms with E-state index < -0.39 is 0 Å². The average Bonchev–Trinajstić information content (AvgIpc) is 2.05. The number of aliphatic hydroxyl groups is 2. The molecule has 0 aromatic carbocycles. The number of methoxy groups -OCH3 is 1. The first-order chi connectivity index (χ1) is 5.22. The molecule has 4 nitrogen and oxygen atoms in total. The topological polar surface area (TPSA) is 66.8 Å². The molecular formula is C7H14O4. The summed E-state index contributed by atoms with van der Waals surface area (Å²) in [5.41, 5.74) is 0. The molecule has 11 heavy (non-hydrogen) atoms. The van der Waals surface area contributed by atoms with Crippen molar-refractivity contribution in [3.05, 3.63) is 12.2 Å². The Labute approximate surface area is 66.1 Å². The summed E-state index contributed by atoms with van der Waals surface area (Å²) in [4.78, 5) is 10.1. The molecule has 0 bridgehead atoms. The van der Waals surface area contributed by atoms with Crippen LogP contribution in [0.1, 0.15) is 6.92 Å². The van der Waals surface area contributed by atoms with Gasteiger partial charge in [-0.25, -0.2) is 4.79 Å². The van der Waals surface area contributed by atoms with Gasteiger partial charge in [-0.2, -0.15) is 0 Å². The van der Waals surface area contributed by atoms with Crippen molar-refractivity contribution in [2.45, 2.75) is 6.92 Å². The highest BCUT2D eigenvalue weighted by Gasteiger charge is 1.84. The van der Waals surface area contributed by atoms with Crippen LogP contribution in [-0.4, -0.2) is 36.5 Å². The highest BCUT2D eigenvalue weighted by molar-refractivity contribution is 5.81. The van der Waals surface area contributed by atoms with Gasteiger partial charge in [0.2, 0.25) is 0 Å². The summed E-state index contributed by atoms with van der Waals surface area (Å²) in [6, 6.07) is 0. The van der Waals surface area contributed by atoms with Crippen LogP contribution in [0, 0.1) is 0 Å². The number of carbonyl (C=O) groups excluding carboxylic acids is 1. The second-order valence-corrected chi connectivity index (χ2v) is 1.47. The largest absolute Gasteiger partial charge is 0.466 e. The Balaban J connectivity index is 0. The van der Waals surface area contributed by atoms with Crippen molar-refractivity contribution < 1.29 is 19.7 Å². The van der Waals surface area contributed by atoms with Crippen molar-refractivity contribution in [3.63, 3.8) is 0 Å². The van der Waals surface area contributed by atoms with Crippen molar-refractivity contribution >= 4 is 5.97 Å². The SMILES string of the molecule is CC=CC(=O)OC.OCCO. The van der Waals surface area contributed by atoms with Gasteiger partial charge in [-0.3, -0.25) is 0 Å². The Bertz CT molecular complexity index is 107. The second kappa shape index (κ2) is 11.9. The number of carbonyl (C=O) groups is 1. The molecule has 0 atom stereocenters. The molecule has 0 saturated heterocycles. The predicted octanol–water partition coefficient (Wildman–Crippen LogP) is -0.294. The lowest BCUT2D eigenvalue weighted by Crippen LogP contribution is -1.92. The van der Waals surface area contributed by atoms with E-state index in [9.17, 15) is 4.79 Å². The molecule has 0 amide bonds. The Hall–Kier alpha value is -0.870. The van der Waals surface area contributed by atoms with E-state index in [-0.39, 0.29) is 19.2 Å². The summed E-state index contributed by atoms with van der Waals surface area (Å²) in [5, 5.41) is 15.2. The Morgan fingerprint density at radius 1 is 1.45 bits per heavy atom. The van der Waals surface area contributed by atoms with E-state index in [2.05, 4.69) is 4.74 Å². The Morgan fingerprint density at radius 2 is 1.91 bits per heavy atom. The maximum Gasteiger partial charge on any atom is 0.330 e. The summed E-state index contributed by atoms with van der Waals surface area (Å²) < 4.78 is 4.26. The lowest BCUT2D eigenvalue weighted by atomic mass is 10.5. The van der Waals surface area contributed by atoms with Gasteiger partial charge in [0, 0.05) is 6.08 Å². The molecule has 0 rings (SSSR count). The molecule has 4 heteroatoms. The second-order valence-electron chi connectivity index (χ2n) is 1.47. The van der Waals surface area contributed by atoms with Gasteiger partial charge >= 0.3 is 5.97 Å². The minimum Gasteiger partial charge on any atom is -0.466 e. The monoisotopic (exact) mass is 162 g/mol. The smallest absolute Gasteiger partial charge is 0.330 e. The van der Waals surface area contributed by atoms with E-state index >= 15 is 0 Å². The van der Waals surface area contributed by atoms with Crippen LogP contribution in [0.5, 0.6) is 0 Å². The van der Waals surface area contributed by atoms with Crippen LogP contribution in [0.25, 0.3) is 0 Å². The van der Waals surface area contributed by atoms with Crippen LogP contribution in [-0.2, 0) is 9.53 Å². The maximum absolute atomic E-state index is 10.1. The Morgan fingerprint density at radius 3 is 2.00 bits per heavy atom. The van der Waals surface area contributed by atoms with E-state index in [1.807, 2.05) is 0 Å². The fourth-order valence-electron chi connectivity index (χ4n) is 0.204. The molecule has 0 spiro atoms. The van der Waals surface area contributed by atoms with Gasteiger partial charge in [-0.15, -0.1) is 0 Å². The van der Waals surface area contributed by atoms with Gasteiger partial charge in [-0.1, -0.05) is 6.08 Å². The molecule has 0 aliphatic heterocycles. The quantitative estimate of drug-likeness (QED) is 0.432. The zero-order chi connectivity index (χ0) is 9.11. The first kappa shape index (κ1) is 12.8. The highest BCUT2D eigenvalue weighted by atomic mass is 16.5. The maximum atomic E-state index is 10.1. The number of ether oxygens (including phenoxy) is 1. The van der Waals surface area contributed by atoms with E-state index in [1.165, 1.54) is 13.2 Å². The molecule has 0 aromatic rings. The van der Waals surface area contributed by atoms with Crippen molar-refractivity contribution in [3.8, 4) is 0 Å². The molecular weight excluding hydrogens is 148 g/mol. The van der Waals surface area contributed by atoms with Crippen molar-refractivity contribution in [2.75, 3.05) is 20.3 Å². The van der Waals surface area contributed by atoms with Crippen LogP contribution < -0.4 is 0 Å². The first-order valence-electron chi connectivity index (χ1n) is 3.15. The van der Waals surface area contributed by atoms with E-state index in [4.69, 9.17) is 10.2 Å². The summed E-state index contributed by atoms with van der Waals surface area (Å²) in [6.45, 7) is 1.51. The normalized spacial score (nSPS) is 8.73. The molecule has 0 aromatic heterocycles. The third-order valence-corrected chi connectivity index (χ3v) is 0.604. The third kappa shape index (κ3) is 17.6. The van der Waals surface area contributed by atoms with Crippen molar-refractivity contribution in [2.24, 2.45) is 0 Å². The molecule has 0 heterocycles. The number of rotatable bonds is 2. The van der Waals surface area contributed by atoms with Crippen molar-refractivity contribution in [1.29, 1.82) is 0 Å². The van der Waals surface area contributed by atoms with Gasteiger partial charge in [0.25, 0.3) is 0 Å². The fraction of sp³-hybridized carbons (Fsp3) is 0.571. The number of allylic oxidation sites excluding steroid dienone is 1. The fourth-order valence-corrected chi connectivity index (χ4v) is 0.204. The van der Waals surface area contributed by atoms with Crippen molar-refractivity contribution in [1.82, 2.24) is 0 Å². The first-order valence-corrected chi connectivity index (χ1v) is 3.15. The molecule has 0 aliphatic carbocycles.